The van der Waals surface area contributed by atoms with E-state index in [0.717, 1.165) is 19.3 Å². The van der Waals surface area contributed by atoms with Crippen LogP contribution in [0.3, 0.4) is 0 Å². The maximum atomic E-state index is 11.9. The second-order valence-electron chi connectivity index (χ2n) is 5.39. The quantitative estimate of drug-likeness (QED) is 0.839. The van der Waals surface area contributed by atoms with E-state index in [1.807, 2.05) is 30.3 Å². The van der Waals surface area contributed by atoms with E-state index in [-0.39, 0.29) is 18.1 Å². The largest absolute Gasteiger partial charge is 0.446 e. The van der Waals surface area contributed by atoms with Crippen molar-refractivity contribution < 1.29 is 14.3 Å². The molecule has 0 aromatic heterocycles. The van der Waals surface area contributed by atoms with Crippen molar-refractivity contribution in [3.05, 3.63) is 42.5 Å². The molecular weight excluding hydrogens is 280 g/mol. The molecule has 2 amide bonds. The molecule has 0 saturated heterocycles. The van der Waals surface area contributed by atoms with Crippen molar-refractivity contribution in [3.8, 4) is 0 Å². The van der Waals surface area contributed by atoms with Crippen molar-refractivity contribution in [1.82, 2.24) is 5.32 Å². The van der Waals surface area contributed by atoms with Gasteiger partial charge in [-0.3, -0.25) is 10.1 Å². The van der Waals surface area contributed by atoms with Crippen LogP contribution >= 0.6 is 0 Å². The van der Waals surface area contributed by atoms with Crippen LogP contribution in [0.25, 0.3) is 0 Å². The van der Waals surface area contributed by atoms with E-state index in [0.29, 0.717) is 12.1 Å². The van der Waals surface area contributed by atoms with Gasteiger partial charge in [0.1, 0.15) is 6.10 Å². The fraction of sp³-hybridized carbons (Fsp3) is 0.412. The molecular formula is C17H22N2O3. The Bertz CT molecular complexity index is 528. The number of carbonyl (C=O) groups excluding carboxylic acids is 2. The smallest absolute Gasteiger partial charge is 0.411 e. The summed E-state index contributed by atoms with van der Waals surface area (Å²) in [5, 5.41) is 5.64. The lowest BCUT2D eigenvalue weighted by molar-refractivity contribution is -0.117. The van der Waals surface area contributed by atoms with Crippen LogP contribution in [-0.4, -0.2) is 24.1 Å². The first-order chi connectivity index (χ1) is 10.7. The molecule has 0 bridgehead atoms. The number of hydrogen-bond acceptors (Lipinski definition) is 3. The van der Waals surface area contributed by atoms with E-state index < -0.39 is 6.09 Å². The molecule has 2 atom stereocenters. The Morgan fingerprint density at radius 3 is 2.73 bits per heavy atom. The monoisotopic (exact) mass is 302 g/mol. The van der Waals surface area contributed by atoms with Gasteiger partial charge < -0.3 is 10.1 Å². The van der Waals surface area contributed by atoms with Crippen molar-refractivity contribution in [2.24, 2.45) is 0 Å². The summed E-state index contributed by atoms with van der Waals surface area (Å²) in [5.74, 6) is -0.0955. The van der Waals surface area contributed by atoms with Gasteiger partial charge in [0, 0.05) is 18.2 Å². The van der Waals surface area contributed by atoms with Gasteiger partial charge in [-0.25, -0.2) is 4.79 Å². The minimum atomic E-state index is -0.448. The van der Waals surface area contributed by atoms with E-state index in [4.69, 9.17) is 4.74 Å². The maximum absolute atomic E-state index is 11.9. The standard InChI is InChI=1S/C17H22N2O3/c1-2-7-16(20)18-14-10-6-11-15(12-14)22-17(21)19-13-8-4-3-5-9-13/h2-5,7-9,14-15H,6,10-12H2,1H3,(H,18,20)(H,19,21)/b7-2+. The summed E-state index contributed by atoms with van der Waals surface area (Å²) >= 11 is 0. The van der Waals surface area contributed by atoms with Gasteiger partial charge in [-0.1, -0.05) is 24.3 Å². The van der Waals surface area contributed by atoms with Crippen molar-refractivity contribution in [2.45, 2.75) is 44.8 Å². The van der Waals surface area contributed by atoms with Crippen LogP contribution in [0.15, 0.2) is 42.5 Å². The molecule has 5 nitrogen and oxygen atoms in total. The number of hydrogen-bond donors (Lipinski definition) is 2. The van der Waals surface area contributed by atoms with Crippen LogP contribution in [-0.2, 0) is 9.53 Å². The number of ether oxygens (including phenoxy) is 1. The third kappa shape index (κ3) is 5.24. The number of allylic oxidation sites excluding steroid dienone is 1. The lowest BCUT2D eigenvalue weighted by Gasteiger charge is -2.29. The topological polar surface area (TPSA) is 67.4 Å². The van der Waals surface area contributed by atoms with Gasteiger partial charge >= 0.3 is 6.09 Å². The van der Waals surface area contributed by atoms with Crippen LogP contribution in [0.4, 0.5) is 10.5 Å². The van der Waals surface area contributed by atoms with E-state index in [1.54, 1.807) is 13.0 Å². The van der Waals surface area contributed by atoms with E-state index in [9.17, 15) is 9.59 Å². The number of benzene rings is 1. The number of amides is 2. The second-order valence-corrected chi connectivity index (χ2v) is 5.39. The molecule has 118 valence electrons. The number of nitrogens with one attached hydrogen (secondary N) is 2. The number of rotatable bonds is 4. The van der Waals surface area contributed by atoms with E-state index in [1.165, 1.54) is 6.08 Å². The summed E-state index contributed by atoms with van der Waals surface area (Å²) in [5.41, 5.74) is 0.709. The summed E-state index contributed by atoms with van der Waals surface area (Å²) in [6, 6.07) is 9.26. The van der Waals surface area contributed by atoms with Gasteiger partial charge in [0.2, 0.25) is 5.91 Å². The van der Waals surface area contributed by atoms with Crippen LogP contribution in [0.1, 0.15) is 32.6 Å². The zero-order valence-corrected chi connectivity index (χ0v) is 12.7. The molecule has 22 heavy (non-hydrogen) atoms. The Morgan fingerprint density at radius 2 is 2.00 bits per heavy atom. The normalized spacial score (nSPS) is 21.3. The van der Waals surface area contributed by atoms with Crippen LogP contribution in [0.2, 0.25) is 0 Å². The highest BCUT2D eigenvalue weighted by Crippen LogP contribution is 2.22. The molecule has 1 aromatic rings. The third-order valence-corrected chi connectivity index (χ3v) is 3.58. The molecule has 2 rings (SSSR count). The zero-order chi connectivity index (χ0) is 15.8. The fourth-order valence-corrected chi connectivity index (χ4v) is 2.60. The molecule has 0 radical (unpaired) electrons. The molecule has 1 aliphatic rings. The molecule has 1 fully saturated rings. The minimum absolute atomic E-state index is 0.0620. The minimum Gasteiger partial charge on any atom is -0.446 e. The first-order valence-electron chi connectivity index (χ1n) is 7.63. The third-order valence-electron chi connectivity index (χ3n) is 3.58. The maximum Gasteiger partial charge on any atom is 0.411 e. The van der Waals surface area contributed by atoms with Gasteiger partial charge in [-0.05, 0) is 44.4 Å². The average Bonchev–Trinajstić information content (AvgIpc) is 2.48. The molecule has 0 aliphatic heterocycles. The highest BCUT2D eigenvalue weighted by atomic mass is 16.6. The Kier molecular flexibility index (Phi) is 6.01. The first kappa shape index (κ1) is 16.1. The lowest BCUT2D eigenvalue weighted by atomic mass is 9.93. The summed E-state index contributed by atoms with van der Waals surface area (Å²) < 4.78 is 5.45. The fourth-order valence-electron chi connectivity index (χ4n) is 2.60. The molecule has 2 unspecified atom stereocenters. The molecule has 1 aliphatic carbocycles. The lowest BCUT2D eigenvalue weighted by Crippen LogP contribution is -2.40. The first-order valence-corrected chi connectivity index (χ1v) is 7.63. The highest BCUT2D eigenvalue weighted by Gasteiger charge is 2.25. The van der Waals surface area contributed by atoms with Crippen molar-refractivity contribution in [3.63, 3.8) is 0 Å². The molecule has 0 heterocycles. The number of carbonyl (C=O) groups is 2. The van der Waals surface area contributed by atoms with Crippen molar-refractivity contribution >= 4 is 17.7 Å². The number of anilines is 1. The Morgan fingerprint density at radius 1 is 1.23 bits per heavy atom. The van der Waals surface area contributed by atoms with E-state index >= 15 is 0 Å². The van der Waals surface area contributed by atoms with Crippen molar-refractivity contribution in [2.75, 3.05) is 5.32 Å². The second kappa shape index (κ2) is 8.22. The molecule has 1 aromatic carbocycles. The Hall–Kier alpha value is -2.30. The summed E-state index contributed by atoms with van der Waals surface area (Å²) in [6.45, 7) is 1.81. The van der Waals surface area contributed by atoms with Crippen LogP contribution < -0.4 is 10.6 Å². The van der Waals surface area contributed by atoms with Crippen molar-refractivity contribution in [1.29, 1.82) is 0 Å². The predicted molar refractivity (Wildman–Crippen MR) is 85.5 cm³/mol. The van der Waals surface area contributed by atoms with Crippen LogP contribution in [0, 0.1) is 0 Å². The molecule has 1 saturated carbocycles. The summed E-state index contributed by atoms with van der Waals surface area (Å²) in [4.78, 5) is 23.4. The van der Waals surface area contributed by atoms with Gasteiger partial charge in [0.25, 0.3) is 0 Å². The Balaban J connectivity index is 1.79. The molecule has 2 N–H and O–H groups in total. The van der Waals surface area contributed by atoms with Gasteiger partial charge in [-0.2, -0.15) is 0 Å². The molecule has 0 spiro atoms. The highest BCUT2D eigenvalue weighted by molar-refractivity contribution is 5.87. The predicted octanol–water partition coefficient (Wildman–Crippen LogP) is 3.24. The van der Waals surface area contributed by atoms with Crippen LogP contribution in [0.5, 0.6) is 0 Å². The average molecular weight is 302 g/mol. The van der Waals surface area contributed by atoms with Gasteiger partial charge in [0.05, 0.1) is 0 Å². The van der Waals surface area contributed by atoms with Gasteiger partial charge in [-0.15, -0.1) is 0 Å². The van der Waals surface area contributed by atoms with Gasteiger partial charge in [0.15, 0.2) is 0 Å². The number of para-hydroxylation sites is 1. The summed E-state index contributed by atoms with van der Waals surface area (Å²) in [6.07, 6.45) is 5.95. The molecule has 5 heteroatoms. The Labute approximate surface area is 130 Å². The van der Waals surface area contributed by atoms with E-state index in [2.05, 4.69) is 10.6 Å². The zero-order valence-electron chi connectivity index (χ0n) is 12.7. The summed E-state index contributed by atoms with van der Waals surface area (Å²) in [7, 11) is 0. The SMILES string of the molecule is C/C=C/C(=O)NC1CCCC(OC(=O)Nc2ccccc2)C1.